The Hall–Kier alpha value is -1.89. The molecule has 0 saturated carbocycles. The maximum atomic E-state index is 12.4. The Labute approximate surface area is 118 Å². The molecule has 1 aromatic rings. The highest BCUT2D eigenvalue weighted by molar-refractivity contribution is 5.94. The molecule has 0 radical (unpaired) electrons. The van der Waals surface area contributed by atoms with E-state index in [0.717, 1.165) is 19.4 Å². The number of methoxy groups -OCH3 is 2. The molecule has 2 N–H and O–H groups in total. The zero-order valence-corrected chi connectivity index (χ0v) is 12.0. The molecule has 20 heavy (non-hydrogen) atoms. The third-order valence-corrected chi connectivity index (χ3v) is 3.47. The van der Waals surface area contributed by atoms with E-state index in [-0.39, 0.29) is 11.9 Å². The Bertz CT molecular complexity index is 464. The highest BCUT2D eigenvalue weighted by Crippen LogP contribution is 2.27. The minimum Gasteiger partial charge on any atom is -0.481 e. The number of hydrogen-bond acceptors (Lipinski definition) is 6. The average Bonchev–Trinajstić information content (AvgIpc) is 2.47. The van der Waals surface area contributed by atoms with Crippen molar-refractivity contribution in [1.29, 1.82) is 0 Å². The van der Waals surface area contributed by atoms with Gasteiger partial charge in [-0.25, -0.2) is 0 Å². The SMILES string of the molecule is COc1cc(OC)nc(NC(=O)C2(C)CCCNC2)n1. The molecule has 2 rings (SSSR count). The summed E-state index contributed by atoms with van der Waals surface area (Å²) in [5.41, 5.74) is -0.447. The lowest BCUT2D eigenvalue weighted by atomic mass is 9.82. The van der Waals surface area contributed by atoms with E-state index in [4.69, 9.17) is 9.47 Å². The second-order valence-corrected chi connectivity index (χ2v) is 5.07. The molecule has 1 aliphatic rings. The van der Waals surface area contributed by atoms with Crippen molar-refractivity contribution in [3.63, 3.8) is 0 Å². The summed E-state index contributed by atoms with van der Waals surface area (Å²) in [7, 11) is 3.00. The van der Waals surface area contributed by atoms with Crippen LogP contribution in [0.5, 0.6) is 11.8 Å². The van der Waals surface area contributed by atoms with Crippen molar-refractivity contribution < 1.29 is 14.3 Å². The van der Waals surface area contributed by atoms with E-state index >= 15 is 0 Å². The first kappa shape index (κ1) is 14.5. The van der Waals surface area contributed by atoms with Gasteiger partial charge in [0.05, 0.1) is 25.7 Å². The van der Waals surface area contributed by atoms with Crippen molar-refractivity contribution in [3.8, 4) is 11.8 Å². The third kappa shape index (κ3) is 3.16. The van der Waals surface area contributed by atoms with Crippen LogP contribution < -0.4 is 20.1 Å². The number of ether oxygens (including phenoxy) is 2. The number of aromatic nitrogens is 2. The first-order valence-corrected chi connectivity index (χ1v) is 6.56. The Morgan fingerprint density at radius 3 is 2.50 bits per heavy atom. The minimum absolute atomic E-state index is 0.0972. The van der Waals surface area contributed by atoms with Crippen LogP contribution in [-0.2, 0) is 4.79 Å². The molecule has 7 heteroatoms. The Morgan fingerprint density at radius 2 is 2.00 bits per heavy atom. The van der Waals surface area contributed by atoms with Gasteiger partial charge in [-0.05, 0) is 26.3 Å². The Kier molecular flexibility index (Phi) is 4.39. The molecular weight excluding hydrogens is 260 g/mol. The van der Waals surface area contributed by atoms with Gasteiger partial charge < -0.3 is 14.8 Å². The topological polar surface area (TPSA) is 85.4 Å². The van der Waals surface area contributed by atoms with Crippen LogP contribution in [0, 0.1) is 5.41 Å². The number of hydrogen-bond donors (Lipinski definition) is 2. The molecule has 1 aromatic heterocycles. The zero-order valence-electron chi connectivity index (χ0n) is 12.0. The predicted molar refractivity (Wildman–Crippen MR) is 74.0 cm³/mol. The summed E-state index contributed by atoms with van der Waals surface area (Å²) in [5, 5.41) is 5.98. The zero-order chi connectivity index (χ0) is 14.6. The summed E-state index contributed by atoms with van der Waals surface area (Å²) in [6.45, 7) is 3.54. The first-order valence-electron chi connectivity index (χ1n) is 6.56. The fourth-order valence-electron chi connectivity index (χ4n) is 2.17. The lowest BCUT2D eigenvalue weighted by Gasteiger charge is -2.32. The molecule has 1 atom stereocenters. The highest BCUT2D eigenvalue weighted by Gasteiger charge is 2.35. The van der Waals surface area contributed by atoms with Crippen molar-refractivity contribution in [2.75, 3.05) is 32.6 Å². The molecule has 1 fully saturated rings. The van der Waals surface area contributed by atoms with E-state index < -0.39 is 5.41 Å². The van der Waals surface area contributed by atoms with Gasteiger partial charge in [0.1, 0.15) is 0 Å². The van der Waals surface area contributed by atoms with Gasteiger partial charge in [0.2, 0.25) is 23.6 Å². The van der Waals surface area contributed by atoms with Gasteiger partial charge in [-0.3, -0.25) is 10.1 Å². The summed E-state index contributed by atoms with van der Waals surface area (Å²) in [6, 6.07) is 1.56. The van der Waals surface area contributed by atoms with Crippen LogP contribution in [0.2, 0.25) is 0 Å². The molecule has 2 heterocycles. The number of piperidine rings is 1. The summed E-state index contributed by atoms with van der Waals surface area (Å²) >= 11 is 0. The first-order chi connectivity index (χ1) is 9.57. The van der Waals surface area contributed by atoms with Crippen LogP contribution in [0.3, 0.4) is 0 Å². The Balaban J connectivity index is 2.14. The van der Waals surface area contributed by atoms with E-state index in [9.17, 15) is 4.79 Å². The normalized spacial score (nSPS) is 22.1. The number of carbonyl (C=O) groups is 1. The van der Waals surface area contributed by atoms with Gasteiger partial charge >= 0.3 is 0 Å². The van der Waals surface area contributed by atoms with Crippen molar-refractivity contribution in [2.24, 2.45) is 5.41 Å². The van der Waals surface area contributed by atoms with Crippen molar-refractivity contribution in [2.45, 2.75) is 19.8 Å². The minimum atomic E-state index is -0.447. The fraction of sp³-hybridized carbons (Fsp3) is 0.615. The van der Waals surface area contributed by atoms with Crippen LogP contribution >= 0.6 is 0 Å². The number of rotatable bonds is 4. The highest BCUT2D eigenvalue weighted by atomic mass is 16.5. The van der Waals surface area contributed by atoms with Gasteiger partial charge in [-0.15, -0.1) is 0 Å². The van der Waals surface area contributed by atoms with Gasteiger partial charge in [-0.2, -0.15) is 9.97 Å². The molecule has 1 unspecified atom stereocenters. The standard InChI is InChI=1S/C13H20N4O3/c1-13(5-4-6-14-8-13)11(18)17-12-15-9(19-2)7-10(16-12)20-3/h7,14H,4-6,8H2,1-3H3,(H,15,16,17,18). The second-order valence-electron chi connectivity index (χ2n) is 5.07. The molecule has 1 aliphatic heterocycles. The van der Waals surface area contributed by atoms with Crippen molar-refractivity contribution in [1.82, 2.24) is 15.3 Å². The van der Waals surface area contributed by atoms with Crippen LogP contribution in [-0.4, -0.2) is 43.2 Å². The lowest BCUT2D eigenvalue weighted by molar-refractivity contribution is -0.125. The fourth-order valence-corrected chi connectivity index (χ4v) is 2.17. The smallest absolute Gasteiger partial charge is 0.236 e. The van der Waals surface area contributed by atoms with Gasteiger partial charge in [0.15, 0.2) is 0 Å². The number of carbonyl (C=O) groups excluding carboxylic acids is 1. The molecule has 0 spiro atoms. The van der Waals surface area contributed by atoms with Crippen LogP contribution in [0.1, 0.15) is 19.8 Å². The summed E-state index contributed by atoms with van der Waals surface area (Å²) in [6.07, 6.45) is 1.82. The van der Waals surface area contributed by atoms with Gasteiger partial charge in [0, 0.05) is 6.54 Å². The van der Waals surface area contributed by atoms with Crippen molar-refractivity contribution in [3.05, 3.63) is 6.07 Å². The van der Waals surface area contributed by atoms with E-state index in [0.29, 0.717) is 18.3 Å². The van der Waals surface area contributed by atoms with E-state index in [1.807, 2.05) is 6.92 Å². The largest absolute Gasteiger partial charge is 0.481 e. The molecule has 0 bridgehead atoms. The number of anilines is 1. The Morgan fingerprint density at radius 1 is 1.35 bits per heavy atom. The third-order valence-electron chi connectivity index (χ3n) is 3.47. The van der Waals surface area contributed by atoms with Crippen LogP contribution in [0.15, 0.2) is 6.07 Å². The summed E-state index contributed by atoms with van der Waals surface area (Å²) in [4.78, 5) is 20.6. The number of amides is 1. The maximum Gasteiger partial charge on any atom is 0.236 e. The average molecular weight is 280 g/mol. The van der Waals surface area contributed by atoms with E-state index in [1.165, 1.54) is 14.2 Å². The monoisotopic (exact) mass is 280 g/mol. The van der Waals surface area contributed by atoms with E-state index in [1.54, 1.807) is 6.07 Å². The molecular formula is C13H20N4O3. The summed E-state index contributed by atoms with van der Waals surface area (Å²) in [5.74, 6) is 0.788. The number of nitrogens with zero attached hydrogens (tertiary/aromatic N) is 2. The molecule has 7 nitrogen and oxygen atoms in total. The summed E-state index contributed by atoms with van der Waals surface area (Å²) < 4.78 is 10.1. The molecule has 0 aliphatic carbocycles. The molecule has 110 valence electrons. The molecule has 0 aromatic carbocycles. The second kappa shape index (κ2) is 6.04. The van der Waals surface area contributed by atoms with Gasteiger partial charge in [0.25, 0.3) is 0 Å². The van der Waals surface area contributed by atoms with E-state index in [2.05, 4.69) is 20.6 Å². The van der Waals surface area contributed by atoms with Gasteiger partial charge in [-0.1, -0.05) is 0 Å². The predicted octanol–water partition coefficient (Wildman–Crippen LogP) is 0.822. The lowest BCUT2D eigenvalue weighted by Crippen LogP contribution is -2.46. The number of nitrogens with one attached hydrogen (secondary N) is 2. The van der Waals surface area contributed by atoms with Crippen molar-refractivity contribution >= 4 is 11.9 Å². The quantitative estimate of drug-likeness (QED) is 0.849. The van der Waals surface area contributed by atoms with Crippen LogP contribution in [0.25, 0.3) is 0 Å². The molecule has 1 saturated heterocycles. The molecule has 1 amide bonds. The van der Waals surface area contributed by atoms with Crippen LogP contribution in [0.4, 0.5) is 5.95 Å². The maximum absolute atomic E-state index is 12.4.